The fourth-order valence-corrected chi connectivity index (χ4v) is 6.78. The van der Waals surface area contributed by atoms with Crippen LogP contribution in [0.15, 0.2) is 12.2 Å². The largest absolute Gasteiger partial charge is 0.394 e. The molecule has 3 atom stereocenters. The topological polar surface area (TPSA) is 69.6 Å². The summed E-state index contributed by atoms with van der Waals surface area (Å²) in [6.07, 6.45) is 46.0. The highest BCUT2D eigenvalue weighted by molar-refractivity contribution is 5.76. The zero-order chi connectivity index (χ0) is 34.5. The number of hydrogen-bond acceptors (Lipinski definition) is 3. The Balaban J connectivity index is 3.59. The first-order valence-corrected chi connectivity index (χ1v) is 21.3. The molecule has 1 amide bonds. The molecule has 4 nitrogen and oxygen atoms in total. The van der Waals surface area contributed by atoms with Gasteiger partial charge in [-0.2, -0.15) is 0 Å². The molecule has 3 unspecified atom stereocenters. The number of amides is 1. The van der Waals surface area contributed by atoms with Gasteiger partial charge in [0.15, 0.2) is 0 Å². The maximum Gasteiger partial charge on any atom is 0.220 e. The van der Waals surface area contributed by atoms with Gasteiger partial charge in [0.2, 0.25) is 5.91 Å². The van der Waals surface area contributed by atoms with Crippen LogP contribution in [0.1, 0.15) is 233 Å². The van der Waals surface area contributed by atoms with Gasteiger partial charge in [-0.05, 0) is 25.2 Å². The fourth-order valence-electron chi connectivity index (χ4n) is 6.78. The van der Waals surface area contributed by atoms with Crippen LogP contribution in [0.3, 0.4) is 0 Å². The molecule has 0 spiro atoms. The minimum absolute atomic E-state index is 0.0616. The first kappa shape index (κ1) is 46.1. The molecular weight excluding hydrogens is 578 g/mol. The van der Waals surface area contributed by atoms with Gasteiger partial charge in [-0.3, -0.25) is 4.79 Å². The molecule has 0 aromatic heterocycles. The second-order valence-corrected chi connectivity index (χ2v) is 15.0. The van der Waals surface area contributed by atoms with E-state index in [1.165, 1.54) is 180 Å². The summed E-state index contributed by atoms with van der Waals surface area (Å²) < 4.78 is 0. The number of aliphatic hydroxyl groups excluding tert-OH is 2. The van der Waals surface area contributed by atoms with E-state index in [2.05, 4.69) is 26.1 Å². The van der Waals surface area contributed by atoms with Crippen LogP contribution in [0.2, 0.25) is 0 Å². The minimum Gasteiger partial charge on any atom is -0.394 e. The molecule has 47 heavy (non-hydrogen) atoms. The van der Waals surface area contributed by atoms with E-state index >= 15 is 0 Å². The molecule has 0 aromatic rings. The SMILES string of the molecule is CCCCCCCCCCCCCCCCCCCCCCCC(=O)NC(CO)C(O)C=CCCCC(C)CCCCCCCCC. The molecule has 280 valence electrons. The second kappa shape index (κ2) is 37.9. The number of hydrogen-bond donors (Lipinski definition) is 3. The molecular formula is C43H85NO3. The van der Waals surface area contributed by atoms with Gasteiger partial charge in [0, 0.05) is 6.42 Å². The van der Waals surface area contributed by atoms with E-state index in [4.69, 9.17) is 0 Å². The summed E-state index contributed by atoms with van der Waals surface area (Å²) in [5.74, 6) is 0.695. The molecule has 0 heterocycles. The Bertz CT molecular complexity index is 651. The molecule has 0 aromatic carbocycles. The number of rotatable bonds is 38. The number of unbranched alkanes of at least 4 members (excludes halogenated alkanes) is 27. The van der Waals surface area contributed by atoms with Gasteiger partial charge in [0.1, 0.15) is 0 Å². The van der Waals surface area contributed by atoms with Crippen LogP contribution in [0.5, 0.6) is 0 Å². The van der Waals surface area contributed by atoms with Crippen molar-refractivity contribution < 1.29 is 15.0 Å². The standard InChI is InChI=1S/C43H85NO3/c1-4-6-8-10-12-13-14-15-16-17-18-19-20-21-22-23-24-25-27-29-34-38-43(47)44-41(39-45)42(46)37-33-30-32-36-40(3)35-31-28-26-11-9-7-5-2/h33,37,40-42,45-46H,4-32,34-36,38-39H2,1-3H3,(H,44,47). The van der Waals surface area contributed by atoms with Gasteiger partial charge < -0.3 is 15.5 Å². The van der Waals surface area contributed by atoms with E-state index in [1.807, 2.05) is 6.08 Å². The van der Waals surface area contributed by atoms with E-state index < -0.39 is 12.1 Å². The predicted octanol–water partition coefficient (Wildman–Crippen LogP) is 12.9. The van der Waals surface area contributed by atoms with Crippen molar-refractivity contribution in [1.29, 1.82) is 0 Å². The summed E-state index contributed by atoms with van der Waals surface area (Å²) in [5.41, 5.74) is 0. The van der Waals surface area contributed by atoms with Crippen molar-refractivity contribution in [2.75, 3.05) is 6.61 Å². The number of allylic oxidation sites excluding steroid dienone is 1. The van der Waals surface area contributed by atoms with E-state index in [0.717, 1.165) is 31.6 Å². The minimum atomic E-state index is -0.839. The highest BCUT2D eigenvalue weighted by Crippen LogP contribution is 2.18. The van der Waals surface area contributed by atoms with Gasteiger partial charge in [-0.25, -0.2) is 0 Å². The highest BCUT2D eigenvalue weighted by Gasteiger charge is 2.18. The van der Waals surface area contributed by atoms with Crippen LogP contribution >= 0.6 is 0 Å². The van der Waals surface area contributed by atoms with Gasteiger partial charge in [-0.1, -0.05) is 219 Å². The quantitative estimate of drug-likeness (QED) is 0.0455. The maximum absolute atomic E-state index is 12.4. The first-order chi connectivity index (χ1) is 23.0. The van der Waals surface area contributed by atoms with Crippen LogP contribution in [-0.2, 0) is 4.79 Å². The Labute approximate surface area is 295 Å². The van der Waals surface area contributed by atoms with Gasteiger partial charge in [0.25, 0.3) is 0 Å². The van der Waals surface area contributed by atoms with Crippen LogP contribution in [0.25, 0.3) is 0 Å². The third kappa shape index (κ3) is 34.8. The van der Waals surface area contributed by atoms with Crippen molar-refractivity contribution in [2.24, 2.45) is 5.92 Å². The Kier molecular flexibility index (Phi) is 37.2. The summed E-state index contributed by atoms with van der Waals surface area (Å²) in [5, 5.41) is 23.0. The van der Waals surface area contributed by atoms with Crippen molar-refractivity contribution in [3.8, 4) is 0 Å². The van der Waals surface area contributed by atoms with E-state index in [9.17, 15) is 15.0 Å². The van der Waals surface area contributed by atoms with Crippen LogP contribution in [0.4, 0.5) is 0 Å². The van der Waals surface area contributed by atoms with Gasteiger partial charge >= 0.3 is 0 Å². The molecule has 0 aliphatic heterocycles. The van der Waals surface area contributed by atoms with Crippen LogP contribution in [-0.4, -0.2) is 34.9 Å². The molecule has 0 saturated carbocycles. The summed E-state index contributed by atoms with van der Waals surface area (Å²) in [6.45, 7) is 6.67. The lowest BCUT2D eigenvalue weighted by Crippen LogP contribution is -2.45. The lowest BCUT2D eigenvalue weighted by atomic mass is 9.96. The summed E-state index contributed by atoms with van der Waals surface area (Å²) in [7, 11) is 0. The van der Waals surface area contributed by atoms with E-state index in [1.54, 1.807) is 6.08 Å². The first-order valence-electron chi connectivity index (χ1n) is 21.3. The number of carbonyl (C=O) groups is 1. The number of carbonyl (C=O) groups excluding carboxylic acids is 1. The van der Waals surface area contributed by atoms with Crippen LogP contribution in [0, 0.1) is 5.92 Å². The molecule has 0 aliphatic rings. The zero-order valence-electron chi connectivity index (χ0n) is 32.2. The second-order valence-electron chi connectivity index (χ2n) is 15.0. The summed E-state index contributed by atoms with van der Waals surface area (Å²) in [6, 6.07) is -0.620. The summed E-state index contributed by atoms with van der Waals surface area (Å²) >= 11 is 0. The Hall–Kier alpha value is -0.870. The molecule has 0 bridgehead atoms. The average Bonchev–Trinajstić information content (AvgIpc) is 3.07. The van der Waals surface area contributed by atoms with Crippen molar-refractivity contribution in [2.45, 2.75) is 245 Å². The Morgan fingerprint density at radius 1 is 0.553 bits per heavy atom. The monoisotopic (exact) mass is 664 g/mol. The summed E-state index contributed by atoms with van der Waals surface area (Å²) in [4.78, 5) is 12.4. The molecule has 0 rings (SSSR count). The predicted molar refractivity (Wildman–Crippen MR) is 207 cm³/mol. The number of aliphatic hydroxyl groups is 2. The molecule has 0 aliphatic carbocycles. The van der Waals surface area contributed by atoms with E-state index in [0.29, 0.717) is 6.42 Å². The normalized spacial score (nSPS) is 13.7. The fraction of sp³-hybridized carbons (Fsp3) is 0.930. The lowest BCUT2D eigenvalue weighted by molar-refractivity contribution is -0.123. The van der Waals surface area contributed by atoms with Crippen molar-refractivity contribution in [1.82, 2.24) is 5.32 Å². The van der Waals surface area contributed by atoms with Crippen molar-refractivity contribution in [3.05, 3.63) is 12.2 Å². The molecule has 0 radical (unpaired) electrons. The smallest absolute Gasteiger partial charge is 0.220 e. The van der Waals surface area contributed by atoms with Crippen LogP contribution < -0.4 is 5.32 Å². The lowest BCUT2D eigenvalue weighted by Gasteiger charge is -2.20. The average molecular weight is 664 g/mol. The van der Waals surface area contributed by atoms with E-state index in [-0.39, 0.29) is 12.5 Å². The molecule has 0 fully saturated rings. The number of nitrogens with one attached hydrogen (secondary N) is 1. The molecule has 3 N–H and O–H groups in total. The maximum atomic E-state index is 12.4. The zero-order valence-corrected chi connectivity index (χ0v) is 32.2. The third-order valence-electron chi connectivity index (χ3n) is 10.2. The Morgan fingerprint density at radius 2 is 0.915 bits per heavy atom. The molecule has 0 saturated heterocycles. The van der Waals surface area contributed by atoms with Crippen molar-refractivity contribution >= 4 is 5.91 Å². The van der Waals surface area contributed by atoms with Crippen molar-refractivity contribution in [3.63, 3.8) is 0 Å². The molecule has 4 heteroatoms. The third-order valence-corrected chi connectivity index (χ3v) is 10.2. The van der Waals surface area contributed by atoms with Gasteiger partial charge in [0.05, 0.1) is 18.8 Å². The van der Waals surface area contributed by atoms with Gasteiger partial charge in [-0.15, -0.1) is 0 Å². The Morgan fingerprint density at radius 3 is 1.32 bits per heavy atom. The highest BCUT2D eigenvalue weighted by atomic mass is 16.3.